The second kappa shape index (κ2) is 6.11. The zero-order valence-electron chi connectivity index (χ0n) is 14.5. The lowest BCUT2D eigenvalue weighted by atomic mass is 9.89. The number of aryl methyl sites for hydroxylation is 1. The number of carbonyl (C=O) groups excluding carboxylic acids is 1. The molecule has 0 fully saturated rings. The average molecular weight is 352 g/mol. The summed E-state index contributed by atoms with van der Waals surface area (Å²) in [5.41, 5.74) is 4.28. The smallest absolute Gasteiger partial charge is 0.221 e. The Morgan fingerprint density at radius 2 is 2.12 bits per heavy atom. The molecule has 1 N–H and O–H groups in total. The van der Waals surface area contributed by atoms with Crippen molar-refractivity contribution in [2.45, 2.75) is 25.8 Å². The zero-order chi connectivity index (χ0) is 17.6. The first-order valence-electron chi connectivity index (χ1n) is 8.32. The van der Waals surface area contributed by atoms with Crippen LogP contribution in [-0.2, 0) is 11.3 Å². The van der Waals surface area contributed by atoms with Gasteiger partial charge in [-0.3, -0.25) is 9.78 Å². The molecule has 0 unspecified atom stereocenters. The minimum Gasteiger partial charge on any atom is -0.354 e. The number of hydrogen-bond acceptors (Lipinski definition) is 5. The summed E-state index contributed by atoms with van der Waals surface area (Å²) in [5.74, 6) is 0.0789. The van der Waals surface area contributed by atoms with Crippen molar-refractivity contribution >= 4 is 33.3 Å². The lowest BCUT2D eigenvalue weighted by Crippen LogP contribution is -2.21. The SMILES string of the molecule is Cc1ccc([C@@H]2CC(=O)NCc3nc(N(C)C)sc32)c2cccnc12. The third-order valence-electron chi connectivity index (χ3n) is 4.64. The van der Waals surface area contributed by atoms with Crippen molar-refractivity contribution in [1.82, 2.24) is 15.3 Å². The molecule has 6 heteroatoms. The first-order valence-corrected chi connectivity index (χ1v) is 9.14. The Kier molecular flexibility index (Phi) is 3.92. The van der Waals surface area contributed by atoms with Crippen LogP contribution >= 0.6 is 11.3 Å². The fraction of sp³-hybridized carbons (Fsp3) is 0.316. The van der Waals surface area contributed by atoms with Crippen LogP contribution in [-0.4, -0.2) is 30.0 Å². The van der Waals surface area contributed by atoms with Crippen LogP contribution in [0.3, 0.4) is 0 Å². The van der Waals surface area contributed by atoms with Gasteiger partial charge in [-0.25, -0.2) is 4.98 Å². The molecule has 0 bridgehead atoms. The summed E-state index contributed by atoms with van der Waals surface area (Å²) in [7, 11) is 3.99. The Hall–Kier alpha value is -2.47. The minimum absolute atomic E-state index is 0.0102. The van der Waals surface area contributed by atoms with E-state index in [2.05, 4.69) is 35.4 Å². The number of nitrogens with one attached hydrogen (secondary N) is 1. The molecule has 4 rings (SSSR count). The van der Waals surface area contributed by atoms with Gasteiger partial charge in [0.2, 0.25) is 5.91 Å². The van der Waals surface area contributed by atoms with Crippen LogP contribution in [0.5, 0.6) is 0 Å². The molecule has 0 saturated carbocycles. The van der Waals surface area contributed by atoms with Crippen LogP contribution in [0.4, 0.5) is 5.13 Å². The summed E-state index contributed by atoms with van der Waals surface area (Å²) in [6, 6.07) is 8.30. The number of hydrogen-bond donors (Lipinski definition) is 1. The number of pyridine rings is 1. The maximum Gasteiger partial charge on any atom is 0.221 e. The van der Waals surface area contributed by atoms with Gasteiger partial charge in [0.1, 0.15) is 0 Å². The molecule has 0 aliphatic carbocycles. The quantitative estimate of drug-likeness (QED) is 0.769. The Balaban J connectivity index is 1.93. The number of amides is 1. The second-order valence-corrected chi connectivity index (χ2v) is 7.62. The van der Waals surface area contributed by atoms with Gasteiger partial charge in [0.25, 0.3) is 0 Å². The summed E-state index contributed by atoms with van der Waals surface area (Å²) < 4.78 is 0. The minimum atomic E-state index is 0.0102. The molecule has 2 aromatic heterocycles. The van der Waals surface area contributed by atoms with E-state index in [-0.39, 0.29) is 11.8 Å². The van der Waals surface area contributed by atoms with Crippen molar-refractivity contribution < 1.29 is 4.79 Å². The summed E-state index contributed by atoms with van der Waals surface area (Å²) in [6.45, 7) is 2.57. The maximum atomic E-state index is 12.3. The molecule has 1 aliphatic heterocycles. The van der Waals surface area contributed by atoms with Crippen molar-refractivity contribution in [3.05, 3.63) is 52.2 Å². The van der Waals surface area contributed by atoms with Crippen LogP contribution < -0.4 is 10.2 Å². The molecule has 3 heterocycles. The van der Waals surface area contributed by atoms with Crippen molar-refractivity contribution in [3.63, 3.8) is 0 Å². The molecule has 0 radical (unpaired) electrons. The summed E-state index contributed by atoms with van der Waals surface area (Å²) in [6.07, 6.45) is 2.26. The van der Waals surface area contributed by atoms with Crippen molar-refractivity contribution in [3.8, 4) is 0 Å². The van der Waals surface area contributed by atoms with Gasteiger partial charge in [-0.05, 0) is 24.1 Å². The Morgan fingerprint density at radius 3 is 2.92 bits per heavy atom. The average Bonchev–Trinajstić information content (AvgIpc) is 2.97. The largest absolute Gasteiger partial charge is 0.354 e. The van der Waals surface area contributed by atoms with E-state index in [9.17, 15) is 4.79 Å². The lowest BCUT2D eigenvalue weighted by molar-refractivity contribution is -0.121. The van der Waals surface area contributed by atoms with Crippen LogP contribution in [0.1, 0.15) is 34.0 Å². The third kappa shape index (κ3) is 2.76. The number of anilines is 1. The number of benzene rings is 1. The summed E-state index contributed by atoms with van der Waals surface area (Å²) in [5, 5.41) is 5.07. The van der Waals surface area contributed by atoms with Crippen LogP contribution in [0, 0.1) is 6.92 Å². The Morgan fingerprint density at radius 1 is 1.28 bits per heavy atom. The lowest BCUT2D eigenvalue weighted by Gasteiger charge is -2.17. The highest BCUT2D eigenvalue weighted by Crippen LogP contribution is 2.41. The molecule has 3 aromatic rings. The number of carbonyl (C=O) groups is 1. The van der Waals surface area contributed by atoms with E-state index >= 15 is 0 Å². The highest BCUT2D eigenvalue weighted by Gasteiger charge is 2.29. The van der Waals surface area contributed by atoms with Gasteiger partial charge in [0, 0.05) is 42.9 Å². The molecule has 25 heavy (non-hydrogen) atoms. The molecule has 0 saturated heterocycles. The van der Waals surface area contributed by atoms with Crippen LogP contribution in [0.15, 0.2) is 30.5 Å². The van der Waals surface area contributed by atoms with E-state index in [0.29, 0.717) is 13.0 Å². The number of rotatable bonds is 2. The third-order valence-corrected chi connectivity index (χ3v) is 6.02. The molecular weight excluding hydrogens is 332 g/mol. The van der Waals surface area contributed by atoms with Crippen LogP contribution in [0.25, 0.3) is 10.9 Å². The molecule has 5 nitrogen and oxygen atoms in total. The van der Waals surface area contributed by atoms with Gasteiger partial charge in [-0.1, -0.05) is 18.2 Å². The Bertz CT molecular complexity index is 963. The standard InChI is InChI=1S/C19H20N4OS/c1-11-6-7-12(13-5-4-8-20-17(11)13)14-9-16(24)21-10-15-18(14)25-19(22-15)23(2)3/h4-8,14H,9-10H2,1-3H3,(H,21,24)/t14-/m0/s1. The monoisotopic (exact) mass is 352 g/mol. The highest BCUT2D eigenvalue weighted by atomic mass is 32.1. The predicted molar refractivity (Wildman–Crippen MR) is 101 cm³/mol. The van der Waals surface area contributed by atoms with E-state index in [1.807, 2.05) is 31.3 Å². The van der Waals surface area contributed by atoms with E-state index in [1.54, 1.807) is 11.3 Å². The Labute approximate surface area is 150 Å². The van der Waals surface area contributed by atoms with E-state index in [1.165, 1.54) is 4.88 Å². The highest BCUT2D eigenvalue weighted by molar-refractivity contribution is 7.15. The zero-order valence-corrected chi connectivity index (χ0v) is 15.4. The fourth-order valence-corrected chi connectivity index (χ4v) is 4.49. The number of aromatic nitrogens is 2. The van der Waals surface area contributed by atoms with Gasteiger partial charge >= 0.3 is 0 Å². The molecule has 1 aliphatic rings. The molecule has 1 aromatic carbocycles. The summed E-state index contributed by atoms with van der Waals surface area (Å²) in [4.78, 5) is 24.8. The van der Waals surface area contributed by atoms with Gasteiger partial charge in [0.05, 0.1) is 17.8 Å². The van der Waals surface area contributed by atoms with E-state index in [4.69, 9.17) is 4.98 Å². The first kappa shape index (κ1) is 16.0. The van der Waals surface area contributed by atoms with Crippen LogP contribution in [0.2, 0.25) is 0 Å². The van der Waals surface area contributed by atoms with Gasteiger partial charge in [-0.15, -0.1) is 11.3 Å². The summed E-state index contributed by atoms with van der Waals surface area (Å²) >= 11 is 1.68. The molecule has 0 spiro atoms. The topological polar surface area (TPSA) is 58.1 Å². The number of nitrogens with zero attached hydrogens (tertiary/aromatic N) is 3. The van der Waals surface area contributed by atoms with Gasteiger partial charge in [0.15, 0.2) is 5.13 Å². The maximum absolute atomic E-state index is 12.3. The number of fused-ring (bicyclic) bond motifs is 2. The normalized spacial score (nSPS) is 17.1. The first-order chi connectivity index (χ1) is 12.0. The van der Waals surface area contributed by atoms with Crippen molar-refractivity contribution in [1.29, 1.82) is 0 Å². The number of thiazole rings is 1. The van der Waals surface area contributed by atoms with Crippen molar-refractivity contribution in [2.24, 2.45) is 0 Å². The molecule has 1 atom stereocenters. The molecule has 1 amide bonds. The van der Waals surface area contributed by atoms with E-state index < -0.39 is 0 Å². The van der Waals surface area contributed by atoms with E-state index in [0.717, 1.165) is 32.9 Å². The fourth-order valence-electron chi connectivity index (χ4n) is 3.36. The van der Waals surface area contributed by atoms with Gasteiger partial charge in [-0.2, -0.15) is 0 Å². The molecule has 128 valence electrons. The van der Waals surface area contributed by atoms with Gasteiger partial charge < -0.3 is 10.2 Å². The second-order valence-electron chi connectivity index (χ2n) is 6.61. The van der Waals surface area contributed by atoms with Crippen molar-refractivity contribution in [2.75, 3.05) is 19.0 Å². The molecular formula is C19H20N4OS. The predicted octanol–water partition coefficient (Wildman–Crippen LogP) is 3.22.